The van der Waals surface area contributed by atoms with Gasteiger partial charge < -0.3 is 14.6 Å². The van der Waals surface area contributed by atoms with Gasteiger partial charge in [0.2, 0.25) is 0 Å². The maximum absolute atomic E-state index is 10.5. The summed E-state index contributed by atoms with van der Waals surface area (Å²) in [4.78, 5) is 10.5. The van der Waals surface area contributed by atoms with Gasteiger partial charge in [0.1, 0.15) is 0 Å². The van der Waals surface area contributed by atoms with E-state index in [1.165, 1.54) is 32.1 Å². The van der Waals surface area contributed by atoms with Crippen LogP contribution in [0.25, 0.3) is 0 Å². The van der Waals surface area contributed by atoms with Crippen molar-refractivity contribution in [1.29, 1.82) is 0 Å². The zero-order valence-corrected chi connectivity index (χ0v) is 16.0. The number of fused-ring (bicyclic) bond motifs is 2. The Morgan fingerprint density at radius 1 is 1.20 bits per heavy atom. The SMILES string of the molecule is CCCCCC(C)OC[C@@H]1[C@H](CC=CCCCC(=O)O)[C@@H]2CC[C@H]1O2. The van der Waals surface area contributed by atoms with Crippen LogP contribution in [-0.4, -0.2) is 36.0 Å². The number of ether oxygens (including phenoxy) is 2. The molecule has 1 unspecified atom stereocenters. The number of carbonyl (C=O) groups is 1. The van der Waals surface area contributed by atoms with E-state index < -0.39 is 5.97 Å². The molecule has 0 radical (unpaired) electrons. The molecule has 0 amide bonds. The van der Waals surface area contributed by atoms with Gasteiger partial charge in [-0.15, -0.1) is 0 Å². The van der Waals surface area contributed by atoms with Gasteiger partial charge in [-0.25, -0.2) is 0 Å². The molecule has 2 fully saturated rings. The summed E-state index contributed by atoms with van der Waals surface area (Å²) in [6.07, 6.45) is 15.7. The summed E-state index contributed by atoms with van der Waals surface area (Å²) in [7, 11) is 0. The fraction of sp³-hybridized carbons (Fsp3) is 0.857. The molecule has 2 saturated heterocycles. The van der Waals surface area contributed by atoms with Crippen molar-refractivity contribution in [3.05, 3.63) is 12.2 Å². The van der Waals surface area contributed by atoms with Crippen molar-refractivity contribution in [2.75, 3.05) is 6.61 Å². The molecule has 4 heteroatoms. The Morgan fingerprint density at radius 3 is 2.68 bits per heavy atom. The molecule has 0 aromatic carbocycles. The lowest BCUT2D eigenvalue weighted by Gasteiger charge is -2.28. The first-order chi connectivity index (χ1) is 12.1. The topological polar surface area (TPSA) is 55.8 Å². The quantitative estimate of drug-likeness (QED) is 0.376. The molecule has 2 aliphatic heterocycles. The van der Waals surface area contributed by atoms with Gasteiger partial charge in [0.25, 0.3) is 0 Å². The van der Waals surface area contributed by atoms with Crippen molar-refractivity contribution in [2.45, 2.75) is 96.4 Å². The predicted octanol–water partition coefficient (Wildman–Crippen LogP) is 4.97. The first-order valence-electron chi connectivity index (χ1n) is 10.3. The molecule has 144 valence electrons. The first-order valence-corrected chi connectivity index (χ1v) is 10.3. The smallest absolute Gasteiger partial charge is 0.303 e. The van der Waals surface area contributed by atoms with Crippen molar-refractivity contribution in [1.82, 2.24) is 0 Å². The maximum Gasteiger partial charge on any atom is 0.303 e. The van der Waals surface area contributed by atoms with Crippen LogP contribution in [0.4, 0.5) is 0 Å². The third-order valence-electron chi connectivity index (χ3n) is 5.71. The average Bonchev–Trinajstić information content (AvgIpc) is 3.17. The highest BCUT2D eigenvalue weighted by atomic mass is 16.5. The number of rotatable bonds is 13. The second-order valence-electron chi connectivity index (χ2n) is 7.75. The van der Waals surface area contributed by atoms with Gasteiger partial charge in [-0.1, -0.05) is 38.3 Å². The van der Waals surface area contributed by atoms with Gasteiger partial charge in [-0.05, 0) is 51.4 Å². The van der Waals surface area contributed by atoms with E-state index in [9.17, 15) is 4.79 Å². The fourth-order valence-electron chi connectivity index (χ4n) is 4.21. The largest absolute Gasteiger partial charge is 0.481 e. The highest BCUT2D eigenvalue weighted by Crippen LogP contribution is 2.45. The molecular formula is C21H36O4. The van der Waals surface area contributed by atoms with E-state index in [0.29, 0.717) is 30.1 Å². The van der Waals surface area contributed by atoms with Crippen molar-refractivity contribution in [3.63, 3.8) is 0 Å². The van der Waals surface area contributed by atoms with Gasteiger partial charge in [-0.2, -0.15) is 0 Å². The van der Waals surface area contributed by atoms with Crippen LogP contribution >= 0.6 is 0 Å². The Balaban J connectivity index is 1.71. The molecule has 25 heavy (non-hydrogen) atoms. The summed E-state index contributed by atoms with van der Waals surface area (Å²) in [6.45, 7) is 5.25. The molecule has 2 bridgehead atoms. The van der Waals surface area contributed by atoms with Crippen LogP contribution in [0.1, 0.15) is 78.1 Å². The summed E-state index contributed by atoms with van der Waals surface area (Å²) in [5.74, 6) is 0.383. The number of carboxylic acids is 1. The molecule has 5 atom stereocenters. The minimum absolute atomic E-state index is 0.258. The second-order valence-corrected chi connectivity index (χ2v) is 7.75. The minimum Gasteiger partial charge on any atom is -0.481 e. The van der Waals surface area contributed by atoms with Crippen molar-refractivity contribution < 1.29 is 19.4 Å². The van der Waals surface area contributed by atoms with E-state index in [0.717, 1.165) is 32.3 Å². The summed E-state index contributed by atoms with van der Waals surface area (Å²) in [5, 5.41) is 8.67. The van der Waals surface area contributed by atoms with Crippen LogP contribution in [-0.2, 0) is 14.3 Å². The van der Waals surface area contributed by atoms with E-state index in [4.69, 9.17) is 14.6 Å². The van der Waals surface area contributed by atoms with Gasteiger partial charge in [0, 0.05) is 12.3 Å². The first kappa shape index (κ1) is 20.4. The number of carboxylic acid groups (broad SMARTS) is 1. The average molecular weight is 353 g/mol. The Hall–Kier alpha value is -0.870. The van der Waals surface area contributed by atoms with Gasteiger partial charge in [0.05, 0.1) is 24.9 Å². The molecule has 1 N–H and O–H groups in total. The van der Waals surface area contributed by atoms with Crippen LogP contribution in [0.15, 0.2) is 12.2 Å². The Kier molecular flexibility index (Phi) is 8.97. The van der Waals surface area contributed by atoms with E-state index in [1.54, 1.807) is 0 Å². The van der Waals surface area contributed by atoms with E-state index >= 15 is 0 Å². The normalized spacial score (nSPS) is 29.5. The van der Waals surface area contributed by atoms with Crippen LogP contribution in [0, 0.1) is 11.8 Å². The number of aliphatic carboxylic acids is 1. The molecule has 0 spiro atoms. The van der Waals surface area contributed by atoms with Crippen molar-refractivity contribution >= 4 is 5.97 Å². The van der Waals surface area contributed by atoms with E-state index in [1.807, 2.05) is 0 Å². The Labute approximate surface area is 153 Å². The lowest BCUT2D eigenvalue weighted by atomic mass is 9.78. The number of unbranched alkanes of at least 4 members (excludes halogenated alkanes) is 3. The van der Waals surface area contributed by atoms with Crippen molar-refractivity contribution in [3.8, 4) is 0 Å². The molecular weight excluding hydrogens is 316 g/mol. The van der Waals surface area contributed by atoms with Gasteiger partial charge in [0.15, 0.2) is 0 Å². The molecule has 0 aromatic heterocycles. The van der Waals surface area contributed by atoms with E-state index in [2.05, 4.69) is 26.0 Å². The zero-order valence-electron chi connectivity index (χ0n) is 16.0. The lowest BCUT2D eigenvalue weighted by molar-refractivity contribution is -0.137. The summed E-state index contributed by atoms with van der Waals surface area (Å²) in [5.41, 5.74) is 0. The van der Waals surface area contributed by atoms with Crippen LogP contribution in [0.2, 0.25) is 0 Å². The Morgan fingerprint density at radius 2 is 1.96 bits per heavy atom. The number of hydrogen-bond donors (Lipinski definition) is 1. The fourth-order valence-corrected chi connectivity index (χ4v) is 4.21. The molecule has 2 aliphatic rings. The molecule has 0 saturated carbocycles. The van der Waals surface area contributed by atoms with Crippen LogP contribution in [0.3, 0.4) is 0 Å². The second kappa shape index (κ2) is 11.0. The molecule has 4 nitrogen and oxygen atoms in total. The van der Waals surface area contributed by atoms with Crippen molar-refractivity contribution in [2.24, 2.45) is 11.8 Å². The summed E-state index contributed by atoms with van der Waals surface area (Å²) < 4.78 is 12.3. The summed E-state index contributed by atoms with van der Waals surface area (Å²) in [6, 6.07) is 0. The van der Waals surface area contributed by atoms with E-state index in [-0.39, 0.29) is 6.42 Å². The van der Waals surface area contributed by atoms with Crippen LogP contribution < -0.4 is 0 Å². The van der Waals surface area contributed by atoms with Gasteiger partial charge >= 0.3 is 5.97 Å². The highest BCUT2D eigenvalue weighted by molar-refractivity contribution is 5.66. The minimum atomic E-state index is -0.708. The molecule has 2 heterocycles. The lowest BCUT2D eigenvalue weighted by Crippen LogP contribution is -2.31. The predicted molar refractivity (Wildman–Crippen MR) is 99.7 cm³/mol. The third kappa shape index (κ3) is 6.74. The monoisotopic (exact) mass is 352 g/mol. The summed E-state index contributed by atoms with van der Waals surface area (Å²) >= 11 is 0. The van der Waals surface area contributed by atoms with Crippen LogP contribution in [0.5, 0.6) is 0 Å². The Bertz CT molecular complexity index is 420. The molecule has 0 aromatic rings. The zero-order chi connectivity index (χ0) is 18.1. The highest BCUT2D eigenvalue weighted by Gasteiger charge is 2.48. The molecule has 2 rings (SSSR count). The standard InChI is InChI=1S/C21H36O4/c1-3-4-7-10-16(2)24-15-18-17(19-13-14-20(18)25-19)11-8-5-6-9-12-21(22)23/h5,8,16-20H,3-4,6-7,9-15H2,1-2H3,(H,22,23)/t16?,17-,18+,19-,20+/m0/s1. The maximum atomic E-state index is 10.5. The number of allylic oxidation sites excluding steroid dienone is 2. The molecule has 0 aliphatic carbocycles. The third-order valence-corrected chi connectivity index (χ3v) is 5.71. The number of hydrogen-bond acceptors (Lipinski definition) is 3. The van der Waals surface area contributed by atoms with Gasteiger partial charge in [-0.3, -0.25) is 4.79 Å².